The quantitative estimate of drug-likeness (QED) is 0.649. The number of nitrogens with one attached hydrogen (secondary N) is 1. The maximum absolute atomic E-state index is 5.99. The average Bonchev–Trinajstić information content (AvgIpc) is 2.86. The van der Waals surface area contributed by atoms with Crippen molar-refractivity contribution >= 4 is 17.2 Å². The van der Waals surface area contributed by atoms with Crippen molar-refractivity contribution in [3.05, 3.63) is 52.6 Å². The zero-order chi connectivity index (χ0) is 17.0. The molecule has 1 aliphatic rings. The third-order valence-corrected chi connectivity index (χ3v) is 5.15. The lowest BCUT2D eigenvalue weighted by molar-refractivity contribution is 0.296. The molecule has 0 heterocycles. The lowest BCUT2D eigenvalue weighted by Gasteiger charge is -2.26. The second kappa shape index (κ2) is 7.68. The van der Waals surface area contributed by atoms with Crippen LogP contribution in [0, 0.1) is 5.41 Å². The van der Waals surface area contributed by atoms with E-state index in [0.717, 1.165) is 24.4 Å². The van der Waals surface area contributed by atoms with Crippen molar-refractivity contribution in [1.29, 1.82) is 0 Å². The first-order valence-corrected chi connectivity index (χ1v) is 9.07. The molecule has 0 radical (unpaired) electrons. The summed E-state index contributed by atoms with van der Waals surface area (Å²) < 4.78 is 0. The van der Waals surface area contributed by atoms with Crippen LogP contribution in [0.5, 0.6) is 0 Å². The van der Waals surface area contributed by atoms with Crippen LogP contribution < -0.4 is 5.32 Å². The lowest BCUT2D eigenvalue weighted by Crippen LogP contribution is -2.35. The average molecular weight is 332 g/mol. The molecule has 1 saturated carbocycles. The number of rotatable bonds is 6. The van der Waals surface area contributed by atoms with Crippen molar-refractivity contribution < 1.29 is 0 Å². The zero-order valence-electron chi connectivity index (χ0n) is 15.0. The molecule has 0 amide bonds. The van der Waals surface area contributed by atoms with Crippen molar-refractivity contribution in [2.45, 2.75) is 59.4 Å². The van der Waals surface area contributed by atoms with E-state index >= 15 is 0 Å². The van der Waals surface area contributed by atoms with E-state index in [1.165, 1.54) is 35.1 Å². The molecule has 126 valence electrons. The first-order valence-electron chi connectivity index (χ1n) is 8.69. The highest BCUT2D eigenvalue weighted by molar-refractivity contribution is 6.30. The summed E-state index contributed by atoms with van der Waals surface area (Å²) >= 11 is 5.99. The Labute approximate surface area is 146 Å². The van der Waals surface area contributed by atoms with Crippen molar-refractivity contribution in [1.82, 2.24) is 5.32 Å². The molecule has 23 heavy (non-hydrogen) atoms. The fourth-order valence-corrected chi connectivity index (χ4v) is 3.63. The molecule has 0 aromatic heterocycles. The molecule has 0 saturated heterocycles. The van der Waals surface area contributed by atoms with Gasteiger partial charge in [0.15, 0.2) is 0 Å². The van der Waals surface area contributed by atoms with Gasteiger partial charge in [0, 0.05) is 17.6 Å². The Morgan fingerprint density at radius 2 is 1.91 bits per heavy atom. The van der Waals surface area contributed by atoms with Crippen LogP contribution >= 0.6 is 11.6 Å². The third kappa shape index (κ3) is 4.96. The zero-order valence-corrected chi connectivity index (χ0v) is 15.8. The minimum atomic E-state index is 0.369. The van der Waals surface area contributed by atoms with Crippen LogP contribution in [-0.2, 0) is 0 Å². The van der Waals surface area contributed by atoms with Crippen LogP contribution in [0.4, 0.5) is 0 Å². The van der Waals surface area contributed by atoms with Gasteiger partial charge in [-0.3, -0.25) is 0 Å². The van der Waals surface area contributed by atoms with Gasteiger partial charge in [0.05, 0.1) is 0 Å². The summed E-state index contributed by atoms with van der Waals surface area (Å²) in [5.74, 6) is 0. The van der Waals surface area contributed by atoms with E-state index in [0.29, 0.717) is 11.5 Å². The van der Waals surface area contributed by atoms with Crippen molar-refractivity contribution in [2.24, 2.45) is 5.41 Å². The van der Waals surface area contributed by atoms with Crippen LogP contribution in [0.25, 0.3) is 5.57 Å². The highest BCUT2D eigenvalue weighted by Gasteiger charge is 2.26. The standard InChI is InChI=1S/C21H30ClN/c1-6-11-21(4,5)14-23-19-12-15(2)20(13-19)16(3)17-7-9-18(22)10-8-17/h7-10,19,23H,2,6,11-14H2,1,3-5H3/b20-16+. The van der Waals surface area contributed by atoms with Gasteiger partial charge in [-0.05, 0) is 60.4 Å². The molecule has 0 aliphatic heterocycles. The minimum Gasteiger partial charge on any atom is -0.313 e. The predicted octanol–water partition coefficient (Wildman–Crippen LogP) is 6.25. The van der Waals surface area contributed by atoms with Crippen LogP contribution in [0.2, 0.25) is 5.02 Å². The van der Waals surface area contributed by atoms with Gasteiger partial charge in [0.2, 0.25) is 0 Å². The summed E-state index contributed by atoms with van der Waals surface area (Å²) in [6, 6.07) is 8.64. The number of hydrogen-bond acceptors (Lipinski definition) is 1. The topological polar surface area (TPSA) is 12.0 Å². The molecule has 2 heteroatoms. The highest BCUT2D eigenvalue weighted by Crippen LogP contribution is 2.36. The Kier molecular flexibility index (Phi) is 6.11. The molecular formula is C21H30ClN. The van der Waals surface area contributed by atoms with Gasteiger partial charge in [0.25, 0.3) is 0 Å². The maximum atomic E-state index is 5.99. The summed E-state index contributed by atoms with van der Waals surface area (Å²) in [5.41, 5.74) is 5.65. The third-order valence-electron chi connectivity index (χ3n) is 4.90. The molecule has 1 aromatic carbocycles. The SMILES string of the molecule is C=C1CC(NCC(C)(C)CCC)C/C1=C(/C)c1ccc(Cl)cc1. The van der Waals surface area contributed by atoms with E-state index in [-0.39, 0.29) is 0 Å². The van der Waals surface area contributed by atoms with Crippen LogP contribution in [0.15, 0.2) is 42.0 Å². The second-order valence-electron chi connectivity index (χ2n) is 7.61. The minimum absolute atomic E-state index is 0.369. The highest BCUT2D eigenvalue weighted by atomic mass is 35.5. The summed E-state index contributed by atoms with van der Waals surface area (Å²) in [4.78, 5) is 0. The Balaban J connectivity index is 2.04. The smallest absolute Gasteiger partial charge is 0.0406 e. The molecule has 1 N–H and O–H groups in total. The Morgan fingerprint density at radius 1 is 1.26 bits per heavy atom. The molecule has 1 nitrogen and oxygen atoms in total. The first kappa shape index (κ1) is 18.3. The molecule has 2 rings (SSSR count). The van der Waals surface area contributed by atoms with Gasteiger partial charge >= 0.3 is 0 Å². The van der Waals surface area contributed by atoms with Gasteiger partial charge in [-0.2, -0.15) is 0 Å². The molecule has 1 aromatic rings. The second-order valence-corrected chi connectivity index (χ2v) is 8.05. The van der Waals surface area contributed by atoms with E-state index in [2.05, 4.69) is 51.7 Å². The fourth-order valence-electron chi connectivity index (χ4n) is 3.51. The van der Waals surface area contributed by atoms with E-state index in [1.807, 2.05) is 12.1 Å². The number of benzene rings is 1. The summed E-state index contributed by atoms with van der Waals surface area (Å²) in [5, 5.41) is 4.55. The molecular weight excluding hydrogens is 302 g/mol. The molecule has 0 bridgehead atoms. The maximum Gasteiger partial charge on any atom is 0.0406 e. The normalized spacial score (nSPS) is 20.9. The Hall–Kier alpha value is -1.05. The molecule has 1 fully saturated rings. The molecule has 1 aliphatic carbocycles. The molecule has 0 spiro atoms. The van der Waals surface area contributed by atoms with Gasteiger partial charge in [-0.1, -0.05) is 63.1 Å². The summed E-state index contributed by atoms with van der Waals surface area (Å²) in [7, 11) is 0. The lowest BCUT2D eigenvalue weighted by atomic mass is 9.88. The predicted molar refractivity (Wildman–Crippen MR) is 103 cm³/mol. The van der Waals surface area contributed by atoms with Gasteiger partial charge in [-0.25, -0.2) is 0 Å². The summed E-state index contributed by atoms with van der Waals surface area (Å²) in [6.07, 6.45) is 4.64. The largest absolute Gasteiger partial charge is 0.313 e. The van der Waals surface area contributed by atoms with E-state index in [1.54, 1.807) is 0 Å². The van der Waals surface area contributed by atoms with Gasteiger partial charge < -0.3 is 5.32 Å². The summed E-state index contributed by atoms with van der Waals surface area (Å²) in [6.45, 7) is 14.5. The van der Waals surface area contributed by atoms with Crippen molar-refractivity contribution in [3.63, 3.8) is 0 Å². The molecule has 1 unspecified atom stereocenters. The monoisotopic (exact) mass is 331 g/mol. The van der Waals surface area contributed by atoms with Crippen LogP contribution in [-0.4, -0.2) is 12.6 Å². The van der Waals surface area contributed by atoms with E-state index < -0.39 is 0 Å². The number of allylic oxidation sites excluding steroid dienone is 1. The van der Waals surface area contributed by atoms with Crippen LogP contribution in [0.3, 0.4) is 0 Å². The number of halogens is 1. The van der Waals surface area contributed by atoms with Gasteiger partial charge in [0.1, 0.15) is 0 Å². The van der Waals surface area contributed by atoms with Crippen LogP contribution in [0.1, 0.15) is 58.9 Å². The number of hydrogen-bond donors (Lipinski definition) is 1. The molecule has 1 atom stereocenters. The van der Waals surface area contributed by atoms with Crippen molar-refractivity contribution in [3.8, 4) is 0 Å². The Bertz CT molecular complexity index is 580. The van der Waals surface area contributed by atoms with E-state index in [4.69, 9.17) is 11.6 Å². The first-order chi connectivity index (χ1) is 10.8. The fraction of sp³-hybridized carbons (Fsp3) is 0.524. The Morgan fingerprint density at radius 3 is 2.52 bits per heavy atom. The van der Waals surface area contributed by atoms with Gasteiger partial charge in [-0.15, -0.1) is 0 Å². The van der Waals surface area contributed by atoms with Crippen molar-refractivity contribution in [2.75, 3.05) is 6.54 Å². The van der Waals surface area contributed by atoms with E-state index in [9.17, 15) is 0 Å².